The summed E-state index contributed by atoms with van der Waals surface area (Å²) in [6.07, 6.45) is 5.78. The highest BCUT2D eigenvalue weighted by Crippen LogP contribution is 2.32. The lowest BCUT2D eigenvalue weighted by atomic mass is 9.80. The van der Waals surface area contributed by atoms with Crippen LogP contribution in [-0.2, 0) is 44.6 Å². The Hall–Kier alpha value is -9.96. The van der Waals surface area contributed by atoms with Gasteiger partial charge < -0.3 is 56.8 Å². The first kappa shape index (κ1) is 69.5. The van der Waals surface area contributed by atoms with Crippen LogP contribution >= 0.6 is 0 Å². The molecule has 484 valence electrons. The number of esters is 4. The molecule has 0 N–H and O–H groups in total. The topological polar surface area (TPSA) is 179 Å². The molecule has 8 aromatic carbocycles. The van der Waals surface area contributed by atoms with Crippen molar-refractivity contribution in [3.05, 3.63) is 239 Å². The van der Waals surface area contributed by atoms with E-state index in [0.717, 1.165) is 49.7 Å². The first-order valence-corrected chi connectivity index (χ1v) is 30.6. The van der Waals surface area contributed by atoms with Crippen LogP contribution in [0, 0.1) is 23.7 Å². The average molecular weight is 1250 g/mol. The van der Waals surface area contributed by atoms with Crippen molar-refractivity contribution in [1.82, 2.24) is 0 Å². The molecule has 16 heteroatoms. The van der Waals surface area contributed by atoms with Gasteiger partial charge in [0.15, 0.2) is 0 Å². The Morgan fingerprint density at radius 3 is 0.696 bits per heavy atom. The van der Waals surface area contributed by atoms with E-state index in [2.05, 4.69) is 48.5 Å². The molecule has 0 spiro atoms. The van der Waals surface area contributed by atoms with E-state index < -0.39 is 23.9 Å². The number of carbonyl (C=O) groups excluding carboxylic acids is 4. The van der Waals surface area contributed by atoms with Crippen molar-refractivity contribution in [3.8, 4) is 46.0 Å². The van der Waals surface area contributed by atoms with Gasteiger partial charge in [0.05, 0.1) is 106 Å². The number of ether oxygens (including phenoxy) is 12. The van der Waals surface area contributed by atoms with Gasteiger partial charge in [-0.2, -0.15) is 0 Å². The zero-order valence-corrected chi connectivity index (χ0v) is 53.8. The third kappa shape index (κ3) is 22.2. The number of rotatable bonds is 34. The molecule has 8 aromatic rings. The highest BCUT2D eigenvalue weighted by Gasteiger charge is 2.28. The van der Waals surface area contributed by atoms with E-state index in [1.807, 2.05) is 72.8 Å². The molecule has 0 bridgehead atoms. The van der Waals surface area contributed by atoms with Crippen molar-refractivity contribution in [1.29, 1.82) is 0 Å². The summed E-state index contributed by atoms with van der Waals surface area (Å²) in [6.45, 7) is 0.915. The molecule has 16 nitrogen and oxygen atoms in total. The Morgan fingerprint density at radius 1 is 0.272 bits per heavy atom. The third-order valence-corrected chi connectivity index (χ3v) is 15.8. The molecule has 0 radical (unpaired) electrons. The molecule has 92 heavy (non-hydrogen) atoms. The second kappa shape index (κ2) is 37.3. The molecule has 0 aliphatic carbocycles. The normalized spacial score (nSPS) is 12.0. The zero-order chi connectivity index (χ0) is 65.5. The maximum absolute atomic E-state index is 13.3. The van der Waals surface area contributed by atoms with Gasteiger partial charge in [-0.25, -0.2) is 19.2 Å². The fraction of sp³-hybridized carbons (Fsp3) is 0.316. The van der Waals surface area contributed by atoms with Gasteiger partial charge in [-0.05, 0) is 134 Å². The first-order valence-electron chi connectivity index (χ1n) is 30.6. The quantitative estimate of drug-likeness (QED) is 0.0211. The van der Waals surface area contributed by atoms with Crippen LogP contribution in [0.4, 0.5) is 0 Å². The summed E-state index contributed by atoms with van der Waals surface area (Å²) in [5.74, 6) is 2.57. The molecule has 0 amide bonds. The van der Waals surface area contributed by atoms with E-state index in [1.165, 1.54) is 39.6 Å². The molecule has 0 saturated heterocycles. The van der Waals surface area contributed by atoms with Crippen molar-refractivity contribution in [2.45, 2.75) is 51.4 Å². The predicted octanol–water partition coefficient (Wildman–Crippen LogP) is 14.5. The van der Waals surface area contributed by atoms with E-state index in [-0.39, 0.29) is 50.1 Å². The summed E-state index contributed by atoms with van der Waals surface area (Å²) >= 11 is 0. The van der Waals surface area contributed by atoms with Crippen molar-refractivity contribution in [2.24, 2.45) is 23.7 Å². The Balaban J connectivity index is 0.000000261. The van der Waals surface area contributed by atoms with Gasteiger partial charge in [0.2, 0.25) is 0 Å². The maximum Gasteiger partial charge on any atom is 0.338 e. The molecular formula is C76H84O16. The van der Waals surface area contributed by atoms with Crippen LogP contribution in [0.15, 0.2) is 194 Å². The minimum absolute atomic E-state index is 0.00240. The second-order valence-electron chi connectivity index (χ2n) is 22.0. The Kier molecular flexibility index (Phi) is 28.2. The van der Waals surface area contributed by atoms with E-state index in [1.54, 1.807) is 101 Å². The van der Waals surface area contributed by atoms with Crippen LogP contribution in [0.2, 0.25) is 0 Å². The molecule has 0 aromatic heterocycles. The largest absolute Gasteiger partial charge is 0.497 e. The van der Waals surface area contributed by atoms with Crippen LogP contribution < -0.4 is 37.9 Å². The van der Waals surface area contributed by atoms with Crippen molar-refractivity contribution < 1.29 is 76.0 Å². The summed E-state index contributed by atoms with van der Waals surface area (Å²) in [5, 5.41) is 0. The summed E-state index contributed by atoms with van der Waals surface area (Å²) in [7, 11) is 12.3. The molecular weight excluding hydrogens is 1170 g/mol. The number of hydrogen-bond donors (Lipinski definition) is 0. The molecule has 0 heterocycles. The van der Waals surface area contributed by atoms with Gasteiger partial charge >= 0.3 is 23.9 Å². The van der Waals surface area contributed by atoms with Gasteiger partial charge in [-0.3, -0.25) is 0 Å². The number of benzene rings is 8. The Bertz CT molecular complexity index is 3220. The fourth-order valence-electron chi connectivity index (χ4n) is 10.8. The standard InChI is InChI=1S/2C38H42O8/c2*1-41-33-20-30(21-34(24-33)42-2)37(39)45-17-11-16-29(18-27-12-7-5-8-13-27)32(19-28-14-9-6-10-15-28)26-46-38(40)31-22-35(43-3)25-36(23-31)44-4/h2*5-10,12-15,20-25,29,32H,11,16-19,26H2,1-4H3/t2*29-,32+/m10/s1. The molecule has 0 aliphatic rings. The second-order valence-corrected chi connectivity index (χ2v) is 22.0. The molecule has 4 atom stereocenters. The van der Waals surface area contributed by atoms with Crippen molar-refractivity contribution >= 4 is 23.9 Å². The maximum atomic E-state index is 13.3. The van der Waals surface area contributed by atoms with E-state index >= 15 is 0 Å². The first-order chi connectivity index (χ1) is 44.8. The Morgan fingerprint density at radius 2 is 0.478 bits per heavy atom. The average Bonchev–Trinajstić information content (AvgIpc) is 3.39. The predicted molar refractivity (Wildman–Crippen MR) is 352 cm³/mol. The molecule has 0 unspecified atom stereocenters. The number of methoxy groups -OCH3 is 8. The van der Waals surface area contributed by atoms with Crippen LogP contribution in [0.3, 0.4) is 0 Å². The van der Waals surface area contributed by atoms with Gasteiger partial charge in [0.25, 0.3) is 0 Å². The van der Waals surface area contributed by atoms with Gasteiger partial charge in [0, 0.05) is 36.1 Å². The fourth-order valence-corrected chi connectivity index (χ4v) is 10.8. The highest BCUT2D eigenvalue weighted by molar-refractivity contribution is 5.92. The molecule has 0 fully saturated rings. The molecule has 0 saturated carbocycles. The van der Waals surface area contributed by atoms with E-state index in [4.69, 9.17) is 56.8 Å². The summed E-state index contributed by atoms with van der Waals surface area (Å²) in [5.41, 5.74) is 6.13. The minimum atomic E-state index is -0.448. The summed E-state index contributed by atoms with van der Waals surface area (Å²) in [6, 6.07) is 60.8. The summed E-state index contributed by atoms with van der Waals surface area (Å²) in [4.78, 5) is 52.3. The molecule has 0 aliphatic heterocycles. The van der Waals surface area contributed by atoms with E-state index in [0.29, 0.717) is 81.1 Å². The van der Waals surface area contributed by atoms with Crippen LogP contribution in [0.25, 0.3) is 0 Å². The SMILES string of the molecule is COc1cc(OC)cc(C(=O)OCCC[C@@H](Cc2ccccc2)[C@@H](COC(=O)c2cc(OC)cc(OC)c2)Cc2ccccc2)c1.COc1cc(OC)cc(C(=O)OCCC[C@H](Cc2ccccc2)[C@H](COC(=O)c2cc(OC)cc(OC)c2)Cc2ccccc2)c1. The highest BCUT2D eigenvalue weighted by atomic mass is 16.5. The third-order valence-electron chi connectivity index (χ3n) is 15.8. The Labute approximate surface area is 540 Å². The lowest BCUT2D eigenvalue weighted by molar-refractivity contribution is 0.0359. The van der Waals surface area contributed by atoms with Crippen LogP contribution in [-0.4, -0.2) is 107 Å². The summed E-state index contributed by atoms with van der Waals surface area (Å²) < 4.78 is 65.8. The van der Waals surface area contributed by atoms with Crippen LogP contribution in [0.1, 0.15) is 89.4 Å². The molecule has 8 rings (SSSR count). The smallest absolute Gasteiger partial charge is 0.338 e. The number of hydrogen-bond acceptors (Lipinski definition) is 16. The number of carbonyl (C=O) groups is 4. The zero-order valence-electron chi connectivity index (χ0n) is 53.8. The van der Waals surface area contributed by atoms with Crippen molar-refractivity contribution in [3.63, 3.8) is 0 Å². The van der Waals surface area contributed by atoms with Gasteiger partial charge in [-0.1, -0.05) is 121 Å². The van der Waals surface area contributed by atoms with Gasteiger partial charge in [0.1, 0.15) is 46.0 Å². The monoisotopic (exact) mass is 1250 g/mol. The van der Waals surface area contributed by atoms with Crippen molar-refractivity contribution in [2.75, 3.05) is 83.3 Å². The van der Waals surface area contributed by atoms with Gasteiger partial charge in [-0.15, -0.1) is 0 Å². The van der Waals surface area contributed by atoms with E-state index in [9.17, 15) is 19.2 Å². The van der Waals surface area contributed by atoms with Crippen LogP contribution in [0.5, 0.6) is 46.0 Å². The lowest BCUT2D eigenvalue weighted by Crippen LogP contribution is -2.26. The minimum Gasteiger partial charge on any atom is -0.497 e. The lowest BCUT2D eigenvalue weighted by Gasteiger charge is -2.28.